The molecule has 0 aliphatic carbocycles. The molecule has 2 aromatic rings. The van der Waals surface area contributed by atoms with Crippen LogP contribution in [0.4, 0.5) is 0 Å². The molecule has 3 nitrogen and oxygen atoms in total. The number of aromatic nitrogens is 1. The summed E-state index contributed by atoms with van der Waals surface area (Å²) < 4.78 is 5.68. The topological polar surface area (TPSA) is 34.1 Å². The molecule has 1 heterocycles. The van der Waals surface area contributed by atoms with Crippen LogP contribution in [-0.2, 0) is 6.54 Å². The van der Waals surface area contributed by atoms with Crippen molar-refractivity contribution >= 4 is 23.2 Å². The van der Waals surface area contributed by atoms with E-state index < -0.39 is 0 Å². The fraction of sp³-hybridized carbons (Fsp3) is 0.267. The van der Waals surface area contributed by atoms with Crippen LogP contribution in [0, 0.1) is 0 Å². The molecule has 0 aliphatic rings. The van der Waals surface area contributed by atoms with Gasteiger partial charge in [-0.3, -0.25) is 0 Å². The number of pyridine rings is 1. The van der Waals surface area contributed by atoms with E-state index in [1.807, 2.05) is 12.1 Å². The largest absolute Gasteiger partial charge is 0.437 e. The van der Waals surface area contributed by atoms with Gasteiger partial charge in [0.2, 0.25) is 5.88 Å². The van der Waals surface area contributed by atoms with E-state index in [2.05, 4.69) is 24.1 Å². The van der Waals surface area contributed by atoms with Gasteiger partial charge in [-0.1, -0.05) is 43.1 Å². The standard InChI is InChI=1S/C15H16Cl2N2O/c1-10(2)18-9-12-4-3-5-15(19-12)20-14-7-6-11(16)8-13(14)17/h3-8,10,18H,9H2,1-2H3. The zero-order chi connectivity index (χ0) is 14.5. The molecular formula is C15H16Cl2N2O. The highest BCUT2D eigenvalue weighted by Gasteiger charge is 2.06. The van der Waals surface area contributed by atoms with Gasteiger partial charge in [0, 0.05) is 23.7 Å². The van der Waals surface area contributed by atoms with Crippen molar-refractivity contribution in [2.45, 2.75) is 26.4 Å². The average Bonchev–Trinajstić information content (AvgIpc) is 2.40. The van der Waals surface area contributed by atoms with Gasteiger partial charge in [-0.15, -0.1) is 0 Å². The maximum atomic E-state index is 6.07. The molecule has 0 saturated carbocycles. The number of rotatable bonds is 5. The van der Waals surface area contributed by atoms with E-state index in [0.717, 1.165) is 5.69 Å². The fourth-order valence-corrected chi connectivity index (χ4v) is 2.04. The predicted molar refractivity (Wildman–Crippen MR) is 82.7 cm³/mol. The molecule has 0 amide bonds. The van der Waals surface area contributed by atoms with Gasteiger partial charge in [-0.05, 0) is 24.3 Å². The Labute approximate surface area is 128 Å². The van der Waals surface area contributed by atoms with Crippen molar-refractivity contribution < 1.29 is 4.74 Å². The van der Waals surface area contributed by atoms with Crippen LogP contribution in [0.25, 0.3) is 0 Å². The van der Waals surface area contributed by atoms with Gasteiger partial charge in [0.1, 0.15) is 5.75 Å². The maximum absolute atomic E-state index is 6.07. The number of hydrogen-bond donors (Lipinski definition) is 1. The minimum atomic E-state index is 0.409. The van der Waals surface area contributed by atoms with Crippen LogP contribution >= 0.6 is 23.2 Å². The zero-order valence-electron chi connectivity index (χ0n) is 11.4. The van der Waals surface area contributed by atoms with E-state index >= 15 is 0 Å². The van der Waals surface area contributed by atoms with E-state index in [-0.39, 0.29) is 0 Å². The van der Waals surface area contributed by atoms with E-state index in [1.54, 1.807) is 24.3 Å². The number of hydrogen-bond acceptors (Lipinski definition) is 3. The second-order valence-electron chi connectivity index (χ2n) is 4.68. The molecule has 0 spiro atoms. The van der Waals surface area contributed by atoms with E-state index in [4.69, 9.17) is 27.9 Å². The molecule has 0 saturated heterocycles. The molecule has 0 fully saturated rings. The normalized spacial score (nSPS) is 10.8. The summed E-state index contributed by atoms with van der Waals surface area (Å²) in [5, 5.41) is 4.35. The third-order valence-electron chi connectivity index (χ3n) is 2.58. The van der Waals surface area contributed by atoms with E-state index in [1.165, 1.54) is 0 Å². The monoisotopic (exact) mass is 310 g/mol. The van der Waals surface area contributed by atoms with Crippen LogP contribution < -0.4 is 10.1 Å². The molecule has 1 aromatic carbocycles. The number of nitrogens with zero attached hydrogens (tertiary/aromatic N) is 1. The average molecular weight is 311 g/mol. The Morgan fingerprint density at radius 3 is 2.70 bits per heavy atom. The van der Waals surface area contributed by atoms with Gasteiger partial charge >= 0.3 is 0 Å². The quantitative estimate of drug-likeness (QED) is 0.870. The zero-order valence-corrected chi connectivity index (χ0v) is 12.9. The lowest BCUT2D eigenvalue weighted by atomic mass is 10.3. The van der Waals surface area contributed by atoms with Crippen molar-refractivity contribution in [3.8, 4) is 11.6 Å². The lowest BCUT2D eigenvalue weighted by Crippen LogP contribution is -2.22. The van der Waals surface area contributed by atoms with Crippen LogP contribution in [0.1, 0.15) is 19.5 Å². The van der Waals surface area contributed by atoms with Crippen LogP contribution in [0.5, 0.6) is 11.6 Å². The van der Waals surface area contributed by atoms with Crippen LogP contribution in [0.2, 0.25) is 10.0 Å². The number of ether oxygens (including phenoxy) is 1. The molecule has 20 heavy (non-hydrogen) atoms. The summed E-state index contributed by atoms with van der Waals surface area (Å²) in [6, 6.07) is 11.2. The molecule has 0 aliphatic heterocycles. The molecule has 0 atom stereocenters. The van der Waals surface area contributed by atoms with Gasteiger partial charge in [0.25, 0.3) is 0 Å². The van der Waals surface area contributed by atoms with Crippen LogP contribution in [0.15, 0.2) is 36.4 Å². The highest BCUT2D eigenvalue weighted by molar-refractivity contribution is 6.35. The minimum absolute atomic E-state index is 0.409. The molecule has 5 heteroatoms. The van der Waals surface area contributed by atoms with Crippen LogP contribution in [-0.4, -0.2) is 11.0 Å². The maximum Gasteiger partial charge on any atom is 0.219 e. The number of benzene rings is 1. The van der Waals surface area contributed by atoms with Crippen molar-refractivity contribution in [3.63, 3.8) is 0 Å². The first kappa shape index (κ1) is 15.1. The summed E-state index contributed by atoms with van der Waals surface area (Å²) in [7, 11) is 0. The summed E-state index contributed by atoms with van der Waals surface area (Å²) >= 11 is 11.9. The van der Waals surface area contributed by atoms with Gasteiger partial charge in [-0.2, -0.15) is 0 Å². The molecule has 2 rings (SSSR count). The van der Waals surface area contributed by atoms with Crippen molar-refractivity contribution in [1.82, 2.24) is 10.3 Å². The number of halogens is 2. The molecule has 0 radical (unpaired) electrons. The highest BCUT2D eigenvalue weighted by Crippen LogP contribution is 2.30. The smallest absolute Gasteiger partial charge is 0.219 e. The van der Waals surface area contributed by atoms with Gasteiger partial charge < -0.3 is 10.1 Å². The first-order valence-electron chi connectivity index (χ1n) is 6.37. The Morgan fingerprint density at radius 2 is 2.00 bits per heavy atom. The summed E-state index contributed by atoms with van der Waals surface area (Å²) in [6.45, 7) is 4.88. The second-order valence-corrected chi connectivity index (χ2v) is 5.52. The Bertz CT molecular complexity index is 588. The lowest BCUT2D eigenvalue weighted by Gasteiger charge is -2.10. The molecule has 1 aromatic heterocycles. The summed E-state index contributed by atoms with van der Waals surface area (Å²) in [5.41, 5.74) is 0.918. The lowest BCUT2D eigenvalue weighted by molar-refractivity contribution is 0.458. The Balaban J connectivity index is 2.11. The third-order valence-corrected chi connectivity index (χ3v) is 3.11. The van der Waals surface area contributed by atoms with Crippen LogP contribution in [0.3, 0.4) is 0 Å². The SMILES string of the molecule is CC(C)NCc1cccc(Oc2ccc(Cl)cc2Cl)n1. The van der Waals surface area contributed by atoms with Gasteiger partial charge in [0.05, 0.1) is 10.7 Å². The van der Waals surface area contributed by atoms with Gasteiger partial charge in [-0.25, -0.2) is 4.98 Å². The Kier molecular flexibility index (Phi) is 5.24. The highest BCUT2D eigenvalue weighted by atomic mass is 35.5. The Morgan fingerprint density at radius 1 is 1.20 bits per heavy atom. The predicted octanol–water partition coefficient (Wildman–Crippen LogP) is 4.68. The van der Waals surface area contributed by atoms with E-state index in [0.29, 0.717) is 34.3 Å². The van der Waals surface area contributed by atoms with Crippen molar-refractivity contribution in [3.05, 3.63) is 52.1 Å². The second kappa shape index (κ2) is 6.93. The van der Waals surface area contributed by atoms with Crippen molar-refractivity contribution in [2.24, 2.45) is 0 Å². The molecule has 0 unspecified atom stereocenters. The number of nitrogens with one attached hydrogen (secondary N) is 1. The fourth-order valence-electron chi connectivity index (χ4n) is 1.59. The summed E-state index contributed by atoms with van der Waals surface area (Å²) in [6.07, 6.45) is 0. The summed E-state index contributed by atoms with van der Waals surface area (Å²) in [5.74, 6) is 1.05. The van der Waals surface area contributed by atoms with Crippen molar-refractivity contribution in [2.75, 3.05) is 0 Å². The molecule has 1 N–H and O–H groups in total. The first-order chi connectivity index (χ1) is 9.54. The van der Waals surface area contributed by atoms with E-state index in [9.17, 15) is 0 Å². The molecule has 106 valence electrons. The summed E-state index contributed by atoms with van der Waals surface area (Å²) in [4.78, 5) is 4.43. The molecule has 0 bridgehead atoms. The van der Waals surface area contributed by atoms with Gasteiger partial charge in [0.15, 0.2) is 0 Å². The van der Waals surface area contributed by atoms with Crippen molar-refractivity contribution in [1.29, 1.82) is 0 Å². The molecular weight excluding hydrogens is 295 g/mol. The first-order valence-corrected chi connectivity index (χ1v) is 7.12. The Hall–Kier alpha value is -1.29. The third kappa shape index (κ3) is 4.37. The minimum Gasteiger partial charge on any atom is -0.437 e.